The average Bonchev–Trinajstić information content (AvgIpc) is 2.79. The molecule has 1 fully saturated rings. The highest BCUT2D eigenvalue weighted by Crippen LogP contribution is 2.28. The van der Waals surface area contributed by atoms with E-state index in [1.165, 1.54) is 11.8 Å². The van der Waals surface area contributed by atoms with Gasteiger partial charge in [-0.25, -0.2) is 4.99 Å². The topological polar surface area (TPSA) is 61.7 Å². The van der Waals surface area contributed by atoms with Crippen LogP contribution in [0.15, 0.2) is 58.4 Å². The van der Waals surface area contributed by atoms with Crippen LogP contribution in [-0.2, 0) is 4.79 Å². The molecule has 1 saturated heterocycles. The minimum absolute atomic E-state index is 0.173. The molecular weight excluding hydrogens is 296 g/mol. The minimum Gasteiger partial charge on any atom is -0.508 e. The second kappa shape index (κ2) is 6.07. The van der Waals surface area contributed by atoms with Gasteiger partial charge in [-0.1, -0.05) is 24.3 Å². The number of phenolic OH excluding ortho intramolecular Hbond substituents is 1. The Morgan fingerprint density at radius 2 is 2.00 bits per heavy atom. The zero-order valence-electron chi connectivity index (χ0n) is 11.9. The number of amidine groups is 1. The van der Waals surface area contributed by atoms with Crippen LogP contribution in [0.1, 0.15) is 11.1 Å². The molecule has 0 spiro atoms. The van der Waals surface area contributed by atoms with Crippen molar-refractivity contribution in [2.24, 2.45) is 4.99 Å². The van der Waals surface area contributed by atoms with Crippen LogP contribution in [-0.4, -0.2) is 16.2 Å². The number of phenols is 1. The number of nitrogens with one attached hydrogen (secondary N) is 1. The lowest BCUT2D eigenvalue weighted by Crippen LogP contribution is -2.19. The summed E-state index contributed by atoms with van der Waals surface area (Å²) in [6.45, 7) is 2.00. The number of hydrogen-bond acceptors (Lipinski definition) is 4. The smallest absolute Gasteiger partial charge is 0.264 e. The predicted octanol–water partition coefficient (Wildman–Crippen LogP) is 3.59. The molecule has 2 aromatic rings. The first-order chi connectivity index (χ1) is 10.6. The van der Waals surface area contributed by atoms with Gasteiger partial charge in [-0.3, -0.25) is 4.79 Å². The van der Waals surface area contributed by atoms with E-state index in [4.69, 9.17) is 0 Å². The van der Waals surface area contributed by atoms with Gasteiger partial charge in [-0.15, -0.1) is 0 Å². The van der Waals surface area contributed by atoms with Crippen molar-refractivity contribution in [3.63, 3.8) is 0 Å². The highest BCUT2D eigenvalue weighted by molar-refractivity contribution is 8.18. The third-order valence-electron chi connectivity index (χ3n) is 3.05. The van der Waals surface area contributed by atoms with E-state index in [2.05, 4.69) is 10.3 Å². The Morgan fingerprint density at radius 3 is 2.77 bits per heavy atom. The Balaban J connectivity index is 1.84. The first-order valence-electron chi connectivity index (χ1n) is 6.75. The van der Waals surface area contributed by atoms with Crippen molar-refractivity contribution in [2.75, 3.05) is 0 Å². The molecule has 0 atom stereocenters. The number of rotatable bonds is 2. The van der Waals surface area contributed by atoms with Crippen LogP contribution in [0.4, 0.5) is 5.69 Å². The van der Waals surface area contributed by atoms with Gasteiger partial charge in [0.1, 0.15) is 5.75 Å². The molecule has 5 heteroatoms. The van der Waals surface area contributed by atoms with E-state index in [0.717, 1.165) is 16.8 Å². The van der Waals surface area contributed by atoms with Crippen LogP contribution in [0, 0.1) is 6.92 Å². The largest absolute Gasteiger partial charge is 0.508 e. The van der Waals surface area contributed by atoms with Gasteiger partial charge in [-0.2, -0.15) is 0 Å². The lowest BCUT2D eigenvalue weighted by molar-refractivity contribution is -0.115. The summed E-state index contributed by atoms with van der Waals surface area (Å²) in [7, 11) is 0. The summed E-state index contributed by atoms with van der Waals surface area (Å²) in [5.74, 6) is -0.00819. The number of nitrogens with zero attached hydrogens (tertiary/aromatic N) is 1. The number of amides is 1. The van der Waals surface area contributed by atoms with Gasteiger partial charge in [0.2, 0.25) is 0 Å². The van der Waals surface area contributed by atoms with E-state index in [9.17, 15) is 9.90 Å². The first-order valence-corrected chi connectivity index (χ1v) is 7.57. The molecular formula is C17H14N2O2S. The van der Waals surface area contributed by atoms with Gasteiger partial charge in [0.25, 0.3) is 5.91 Å². The van der Waals surface area contributed by atoms with Gasteiger partial charge < -0.3 is 10.4 Å². The fraction of sp³-hybridized carbons (Fsp3) is 0.0588. The van der Waals surface area contributed by atoms with Crippen molar-refractivity contribution in [1.29, 1.82) is 0 Å². The van der Waals surface area contributed by atoms with Crippen LogP contribution >= 0.6 is 11.8 Å². The summed E-state index contributed by atoms with van der Waals surface area (Å²) in [4.78, 5) is 17.0. The fourth-order valence-corrected chi connectivity index (χ4v) is 2.90. The summed E-state index contributed by atoms with van der Waals surface area (Å²) in [5, 5.41) is 12.8. The summed E-state index contributed by atoms with van der Waals surface area (Å²) in [6, 6.07) is 14.5. The third kappa shape index (κ3) is 3.38. The number of hydrogen-bond donors (Lipinski definition) is 2. The SMILES string of the molecule is Cc1cccc(N=C2NC(=O)C(=Cc3cccc(O)c3)S2)c1. The molecule has 1 aliphatic rings. The van der Waals surface area contributed by atoms with E-state index < -0.39 is 0 Å². The second-order valence-electron chi connectivity index (χ2n) is 4.92. The summed E-state index contributed by atoms with van der Waals surface area (Å²) < 4.78 is 0. The highest BCUT2D eigenvalue weighted by atomic mass is 32.2. The van der Waals surface area contributed by atoms with Crippen molar-refractivity contribution < 1.29 is 9.90 Å². The molecule has 4 nitrogen and oxygen atoms in total. The van der Waals surface area contributed by atoms with Crippen LogP contribution in [0.5, 0.6) is 5.75 Å². The van der Waals surface area contributed by atoms with Crippen molar-refractivity contribution in [2.45, 2.75) is 6.92 Å². The highest BCUT2D eigenvalue weighted by Gasteiger charge is 2.23. The molecule has 0 radical (unpaired) electrons. The maximum atomic E-state index is 12.0. The van der Waals surface area contributed by atoms with Crippen LogP contribution in [0.25, 0.3) is 6.08 Å². The van der Waals surface area contributed by atoms with Gasteiger partial charge in [0.05, 0.1) is 10.6 Å². The Hall–Kier alpha value is -2.53. The molecule has 3 rings (SSSR count). The second-order valence-corrected chi connectivity index (χ2v) is 5.95. The molecule has 2 N–H and O–H groups in total. The van der Waals surface area contributed by atoms with Crippen LogP contribution in [0.3, 0.4) is 0 Å². The molecule has 1 heterocycles. The Labute approximate surface area is 132 Å². The fourth-order valence-electron chi connectivity index (χ4n) is 2.06. The van der Waals surface area contributed by atoms with E-state index in [0.29, 0.717) is 10.1 Å². The van der Waals surface area contributed by atoms with E-state index in [1.54, 1.807) is 24.3 Å². The molecule has 0 bridgehead atoms. The lowest BCUT2D eigenvalue weighted by Gasteiger charge is -1.97. The number of aromatic hydroxyl groups is 1. The molecule has 1 aliphatic heterocycles. The van der Waals surface area contributed by atoms with Gasteiger partial charge >= 0.3 is 0 Å². The van der Waals surface area contributed by atoms with E-state index in [-0.39, 0.29) is 11.7 Å². The quantitative estimate of drug-likeness (QED) is 0.833. The molecule has 1 amide bonds. The standard InChI is InChI=1S/C17H14N2O2S/c1-11-4-2-6-13(8-11)18-17-19-16(21)15(22-17)10-12-5-3-7-14(20)9-12/h2-10,20H,1H3,(H,18,19,21). The monoisotopic (exact) mass is 310 g/mol. The van der Waals surface area contributed by atoms with E-state index >= 15 is 0 Å². The molecule has 0 aliphatic carbocycles. The van der Waals surface area contributed by atoms with Crippen molar-refractivity contribution in [3.05, 3.63) is 64.6 Å². The number of aryl methyl sites for hydroxylation is 1. The van der Waals surface area contributed by atoms with Crippen LogP contribution in [0.2, 0.25) is 0 Å². The van der Waals surface area contributed by atoms with Gasteiger partial charge in [0, 0.05) is 0 Å². The number of thioether (sulfide) groups is 1. The number of benzene rings is 2. The zero-order chi connectivity index (χ0) is 15.5. The lowest BCUT2D eigenvalue weighted by atomic mass is 10.2. The minimum atomic E-state index is -0.181. The van der Waals surface area contributed by atoms with Gasteiger partial charge in [0.15, 0.2) is 5.17 Å². The maximum Gasteiger partial charge on any atom is 0.264 e. The van der Waals surface area contributed by atoms with Crippen molar-refractivity contribution in [3.8, 4) is 5.75 Å². The third-order valence-corrected chi connectivity index (χ3v) is 3.96. The maximum absolute atomic E-state index is 12.0. The Kier molecular flexibility index (Phi) is 3.98. The summed E-state index contributed by atoms with van der Waals surface area (Å²) in [6.07, 6.45) is 1.73. The summed E-state index contributed by atoms with van der Waals surface area (Å²) >= 11 is 1.29. The zero-order valence-corrected chi connectivity index (χ0v) is 12.7. The number of carbonyl (C=O) groups is 1. The summed E-state index contributed by atoms with van der Waals surface area (Å²) in [5.41, 5.74) is 2.70. The van der Waals surface area contributed by atoms with Gasteiger partial charge in [-0.05, 0) is 60.2 Å². The molecule has 0 unspecified atom stereocenters. The number of carbonyl (C=O) groups excluding carboxylic acids is 1. The van der Waals surface area contributed by atoms with Crippen molar-refractivity contribution in [1.82, 2.24) is 5.32 Å². The first kappa shape index (κ1) is 14.4. The normalized spacial score (nSPS) is 18.0. The van der Waals surface area contributed by atoms with Crippen LogP contribution < -0.4 is 5.32 Å². The number of aliphatic imine (C=N–C) groups is 1. The molecule has 0 saturated carbocycles. The predicted molar refractivity (Wildman–Crippen MR) is 90.1 cm³/mol. The van der Waals surface area contributed by atoms with E-state index in [1.807, 2.05) is 37.3 Å². The van der Waals surface area contributed by atoms with Crippen molar-refractivity contribution >= 4 is 34.6 Å². The molecule has 0 aromatic heterocycles. The molecule has 110 valence electrons. The Morgan fingerprint density at radius 1 is 1.18 bits per heavy atom. The molecule has 2 aromatic carbocycles. The Bertz CT molecular complexity index is 797. The average molecular weight is 310 g/mol. The molecule has 22 heavy (non-hydrogen) atoms.